The Hall–Kier alpha value is -2.07. The van der Waals surface area contributed by atoms with Crippen molar-refractivity contribution in [3.63, 3.8) is 0 Å². The van der Waals surface area contributed by atoms with E-state index < -0.39 is 5.41 Å². The van der Waals surface area contributed by atoms with Crippen molar-refractivity contribution >= 4 is 5.97 Å². The summed E-state index contributed by atoms with van der Waals surface area (Å²) < 4.78 is 11.6. The summed E-state index contributed by atoms with van der Waals surface area (Å²) in [7, 11) is 0. The van der Waals surface area contributed by atoms with E-state index in [1.807, 2.05) is 6.92 Å². The first-order valence-electron chi connectivity index (χ1n) is 19.7. The van der Waals surface area contributed by atoms with Gasteiger partial charge in [0.2, 0.25) is 0 Å². The van der Waals surface area contributed by atoms with Gasteiger partial charge in [-0.3, -0.25) is 4.79 Å². The molecule has 0 radical (unpaired) electrons. The van der Waals surface area contributed by atoms with E-state index in [9.17, 15) is 9.90 Å². The van der Waals surface area contributed by atoms with E-state index in [-0.39, 0.29) is 19.2 Å². The Bertz CT molecular complexity index is 754. The molecule has 0 aromatic rings. The number of rotatable bonds is 35. The molecule has 1 unspecified atom stereocenters. The molecule has 272 valence electrons. The number of carbonyl (C=O) groups is 1. The highest BCUT2D eigenvalue weighted by atomic mass is 16.5. The summed E-state index contributed by atoms with van der Waals surface area (Å²) >= 11 is 0. The highest BCUT2D eigenvalue weighted by Gasteiger charge is 2.31. The number of aliphatic hydroxyl groups is 1. The molecule has 0 aliphatic carbocycles. The van der Waals surface area contributed by atoms with Gasteiger partial charge in [0.25, 0.3) is 0 Å². The molecule has 0 aromatic heterocycles. The van der Waals surface area contributed by atoms with Crippen LogP contribution in [-0.4, -0.2) is 30.9 Å². The predicted octanol–water partition coefficient (Wildman–Crippen LogP) is 13.1. The zero-order valence-electron chi connectivity index (χ0n) is 31.3. The summed E-state index contributed by atoms with van der Waals surface area (Å²) in [5.74, 6) is 0.587. The molecule has 0 aliphatic rings. The summed E-state index contributed by atoms with van der Waals surface area (Å²) in [6.07, 6.45) is 46.5. The van der Waals surface area contributed by atoms with Gasteiger partial charge in [-0.2, -0.15) is 0 Å². The second-order valence-corrected chi connectivity index (χ2v) is 13.5. The van der Waals surface area contributed by atoms with Gasteiger partial charge in [-0.05, 0) is 83.5 Å². The minimum absolute atomic E-state index is 0.0720. The van der Waals surface area contributed by atoms with Crippen LogP contribution in [0.25, 0.3) is 0 Å². The monoisotopic (exact) mass is 657 g/mol. The standard InChI is InChI=1S/C43H76O4/c1-5-8-10-12-14-16-18-20-22-24-26-28-30-32-34-36-41(4)46-39-43(7-3,38-44)40-47-42(45)37-35-33-31-29-27-25-23-21-19-17-15-13-11-9-6-2/h14-17,20-23,44H,4-13,18-19,24-40H2,1-3H3/b16-14-,17-15-,22-20-,23-21-. The molecule has 0 amide bonds. The maximum Gasteiger partial charge on any atom is 0.305 e. The second-order valence-electron chi connectivity index (χ2n) is 13.5. The molecule has 0 aliphatic heterocycles. The second kappa shape index (κ2) is 35.2. The van der Waals surface area contributed by atoms with Crippen LogP contribution >= 0.6 is 0 Å². The quantitative estimate of drug-likeness (QED) is 0.0319. The van der Waals surface area contributed by atoms with Crippen molar-refractivity contribution in [3.05, 3.63) is 60.9 Å². The number of esters is 1. The molecule has 47 heavy (non-hydrogen) atoms. The third kappa shape index (κ3) is 31.0. The van der Waals surface area contributed by atoms with Crippen molar-refractivity contribution in [1.29, 1.82) is 0 Å². The van der Waals surface area contributed by atoms with Gasteiger partial charge >= 0.3 is 5.97 Å². The van der Waals surface area contributed by atoms with Crippen molar-refractivity contribution in [3.8, 4) is 0 Å². The van der Waals surface area contributed by atoms with Gasteiger partial charge in [-0.25, -0.2) is 0 Å². The maximum absolute atomic E-state index is 12.4. The highest BCUT2D eigenvalue weighted by Crippen LogP contribution is 2.25. The van der Waals surface area contributed by atoms with Crippen molar-refractivity contribution < 1.29 is 19.4 Å². The summed E-state index contributed by atoms with van der Waals surface area (Å²) in [5, 5.41) is 10.1. The zero-order chi connectivity index (χ0) is 34.5. The van der Waals surface area contributed by atoms with Crippen LogP contribution in [0, 0.1) is 5.41 Å². The third-order valence-electron chi connectivity index (χ3n) is 8.95. The van der Waals surface area contributed by atoms with E-state index >= 15 is 0 Å². The molecular weight excluding hydrogens is 580 g/mol. The minimum atomic E-state index is -0.574. The molecule has 0 saturated carbocycles. The van der Waals surface area contributed by atoms with E-state index in [2.05, 4.69) is 69.0 Å². The molecule has 0 saturated heterocycles. The average Bonchev–Trinajstić information content (AvgIpc) is 3.08. The first kappa shape index (κ1) is 44.9. The van der Waals surface area contributed by atoms with Crippen molar-refractivity contribution in [2.24, 2.45) is 5.41 Å². The van der Waals surface area contributed by atoms with Gasteiger partial charge in [0.15, 0.2) is 0 Å². The van der Waals surface area contributed by atoms with Crippen LogP contribution in [-0.2, 0) is 14.3 Å². The normalized spacial score (nSPS) is 13.4. The van der Waals surface area contributed by atoms with Crippen LogP contribution in [0.15, 0.2) is 60.9 Å². The van der Waals surface area contributed by atoms with Crippen molar-refractivity contribution in [2.45, 2.75) is 181 Å². The molecule has 0 heterocycles. The van der Waals surface area contributed by atoms with E-state index in [0.29, 0.717) is 19.4 Å². The number of allylic oxidation sites excluding steroid dienone is 9. The van der Waals surface area contributed by atoms with Crippen LogP contribution in [0.4, 0.5) is 0 Å². The molecule has 4 heteroatoms. The SMILES string of the molecule is C=C(CCCCCCC/C=C\C/C=C\CCCCC)OCC(CC)(CO)COC(=O)CCCCCCC/C=C\C/C=C\CCCCC. The topological polar surface area (TPSA) is 55.8 Å². The van der Waals surface area contributed by atoms with Gasteiger partial charge in [0.05, 0.1) is 24.4 Å². The average molecular weight is 657 g/mol. The lowest BCUT2D eigenvalue weighted by atomic mass is 9.88. The molecule has 0 fully saturated rings. The summed E-state index contributed by atoms with van der Waals surface area (Å²) in [5.41, 5.74) is -0.574. The van der Waals surface area contributed by atoms with Crippen molar-refractivity contribution in [2.75, 3.05) is 19.8 Å². The minimum Gasteiger partial charge on any atom is -0.498 e. The van der Waals surface area contributed by atoms with Gasteiger partial charge in [0.1, 0.15) is 6.61 Å². The Morgan fingerprint density at radius 3 is 1.40 bits per heavy atom. The van der Waals surface area contributed by atoms with Crippen LogP contribution in [0.1, 0.15) is 181 Å². The molecule has 0 rings (SSSR count). The molecule has 4 nitrogen and oxygen atoms in total. The number of hydrogen-bond donors (Lipinski definition) is 1. The predicted molar refractivity (Wildman–Crippen MR) is 205 cm³/mol. The van der Waals surface area contributed by atoms with Gasteiger partial charge < -0.3 is 14.6 Å². The Kier molecular flexibility index (Phi) is 33.7. The fourth-order valence-corrected chi connectivity index (χ4v) is 5.30. The van der Waals surface area contributed by atoms with E-state index in [1.165, 1.54) is 96.3 Å². The Labute approximate surface area is 292 Å². The first-order chi connectivity index (χ1) is 23.0. The van der Waals surface area contributed by atoms with Crippen molar-refractivity contribution in [1.82, 2.24) is 0 Å². The van der Waals surface area contributed by atoms with Crippen LogP contribution in [0.3, 0.4) is 0 Å². The number of hydrogen-bond acceptors (Lipinski definition) is 4. The maximum atomic E-state index is 12.4. The fourth-order valence-electron chi connectivity index (χ4n) is 5.30. The van der Waals surface area contributed by atoms with Crippen LogP contribution in [0.5, 0.6) is 0 Å². The van der Waals surface area contributed by atoms with Crippen LogP contribution < -0.4 is 0 Å². The zero-order valence-corrected chi connectivity index (χ0v) is 31.3. The number of aliphatic hydroxyl groups excluding tert-OH is 1. The molecular formula is C43H76O4. The van der Waals surface area contributed by atoms with E-state index in [4.69, 9.17) is 9.47 Å². The van der Waals surface area contributed by atoms with Crippen LogP contribution in [0.2, 0.25) is 0 Å². The number of carbonyl (C=O) groups excluding carboxylic acids is 1. The summed E-state index contributed by atoms with van der Waals surface area (Å²) in [4.78, 5) is 12.4. The lowest BCUT2D eigenvalue weighted by Crippen LogP contribution is -2.36. The van der Waals surface area contributed by atoms with Gasteiger partial charge in [0, 0.05) is 12.8 Å². The Balaban J connectivity index is 3.86. The molecule has 1 N–H and O–H groups in total. The lowest BCUT2D eigenvalue weighted by Gasteiger charge is -2.30. The smallest absolute Gasteiger partial charge is 0.305 e. The Morgan fingerprint density at radius 2 is 0.957 bits per heavy atom. The number of ether oxygens (including phenoxy) is 2. The lowest BCUT2D eigenvalue weighted by molar-refractivity contribution is -0.150. The fraction of sp³-hybridized carbons (Fsp3) is 0.744. The molecule has 0 spiro atoms. The first-order valence-corrected chi connectivity index (χ1v) is 19.7. The summed E-state index contributed by atoms with van der Waals surface area (Å²) in [6, 6.07) is 0. The molecule has 0 aromatic carbocycles. The number of unbranched alkanes of at least 4 members (excludes halogenated alkanes) is 16. The van der Waals surface area contributed by atoms with E-state index in [1.54, 1.807) is 0 Å². The molecule has 1 atom stereocenters. The third-order valence-corrected chi connectivity index (χ3v) is 8.95. The largest absolute Gasteiger partial charge is 0.498 e. The van der Waals surface area contributed by atoms with Gasteiger partial charge in [-0.1, -0.05) is 140 Å². The molecule has 0 bridgehead atoms. The summed E-state index contributed by atoms with van der Waals surface area (Å²) in [6.45, 7) is 11.0. The highest BCUT2D eigenvalue weighted by molar-refractivity contribution is 5.69. The van der Waals surface area contributed by atoms with E-state index in [0.717, 1.165) is 57.1 Å². The van der Waals surface area contributed by atoms with Gasteiger partial charge in [-0.15, -0.1) is 0 Å². The Morgan fingerprint density at radius 1 is 0.553 bits per heavy atom.